The van der Waals surface area contributed by atoms with Crippen molar-refractivity contribution in [1.29, 1.82) is 0 Å². The molecule has 0 heterocycles. The fourth-order valence-corrected chi connectivity index (χ4v) is 1.68. The van der Waals surface area contributed by atoms with Crippen LogP contribution in [-0.4, -0.2) is 29.9 Å². The summed E-state index contributed by atoms with van der Waals surface area (Å²) in [6.45, 7) is 4.37. The molecule has 0 rings (SSSR count). The van der Waals surface area contributed by atoms with Crippen molar-refractivity contribution in [3.05, 3.63) is 11.0 Å². The molecule has 0 atom stereocenters. The van der Waals surface area contributed by atoms with E-state index >= 15 is 0 Å². The van der Waals surface area contributed by atoms with Gasteiger partial charge in [-0.25, -0.2) is 0 Å². The van der Waals surface area contributed by atoms with E-state index < -0.39 is 0 Å². The number of hydrogen-bond donors (Lipinski definition) is 0. The molecular weight excluding hydrogens is 174 g/mol. The predicted molar refractivity (Wildman–Crippen MR) is 58.0 cm³/mol. The summed E-state index contributed by atoms with van der Waals surface area (Å²) in [7, 11) is 4.11. The van der Waals surface area contributed by atoms with E-state index in [9.17, 15) is 0 Å². The van der Waals surface area contributed by atoms with Crippen LogP contribution in [0, 0.1) is 0 Å². The zero-order chi connectivity index (χ0) is 8.69. The summed E-state index contributed by atoms with van der Waals surface area (Å²) in [5.74, 6) is 2.37. The first-order valence-electron chi connectivity index (χ1n) is 3.74. The Labute approximate surface area is 78.7 Å². The molecule has 0 aliphatic rings. The molecular formula is C8H17NS2. The molecule has 0 aliphatic heterocycles. The van der Waals surface area contributed by atoms with Crippen molar-refractivity contribution in [3.8, 4) is 0 Å². The minimum absolute atomic E-state index is 1.16. The Morgan fingerprint density at radius 3 is 2.55 bits per heavy atom. The predicted octanol–water partition coefficient (Wildman–Crippen LogP) is 2.85. The summed E-state index contributed by atoms with van der Waals surface area (Å²) in [6, 6.07) is 0. The van der Waals surface area contributed by atoms with Crippen molar-refractivity contribution in [3.63, 3.8) is 0 Å². The van der Waals surface area contributed by atoms with Crippen LogP contribution in [0.5, 0.6) is 0 Å². The number of hydrogen-bond acceptors (Lipinski definition) is 3. The van der Waals surface area contributed by atoms with E-state index in [0.717, 1.165) is 5.75 Å². The Morgan fingerprint density at radius 1 is 1.45 bits per heavy atom. The smallest absolute Gasteiger partial charge is 0.0149 e. The third-order valence-corrected chi connectivity index (χ3v) is 3.00. The molecule has 0 fully saturated rings. The number of rotatable bonds is 5. The molecule has 0 radical (unpaired) electrons. The molecule has 0 aliphatic carbocycles. The summed E-state index contributed by atoms with van der Waals surface area (Å²) in [6.07, 6.45) is 0. The van der Waals surface area contributed by atoms with Crippen molar-refractivity contribution < 1.29 is 0 Å². The summed E-state index contributed by atoms with van der Waals surface area (Å²) in [5.41, 5.74) is 1.45. The second-order valence-corrected chi connectivity index (χ2v) is 4.97. The van der Waals surface area contributed by atoms with Crippen LogP contribution in [0.1, 0.15) is 13.8 Å². The Morgan fingerprint density at radius 2 is 2.09 bits per heavy atom. The highest BCUT2D eigenvalue weighted by atomic mass is 32.2. The maximum absolute atomic E-state index is 2.21. The summed E-state index contributed by atoms with van der Waals surface area (Å²) in [5, 5.41) is 2.21. The van der Waals surface area contributed by atoms with Crippen LogP contribution in [0.15, 0.2) is 11.0 Å². The van der Waals surface area contributed by atoms with Gasteiger partial charge in [-0.05, 0) is 32.2 Å². The summed E-state index contributed by atoms with van der Waals surface area (Å²) >= 11 is 3.72. The topological polar surface area (TPSA) is 3.24 Å². The lowest BCUT2D eigenvalue weighted by Gasteiger charge is -2.04. The molecule has 0 unspecified atom stereocenters. The SMILES string of the molecule is CCSC/C(C)=C/SN(C)C. The lowest BCUT2D eigenvalue weighted by molar-refractivity contribution is 0.708. The quantitative estimate of drug-likeness (QED) is 0.615. The van der Waals surface area contributed by atoms with Gasteiger partial charge in [0.2, 0.25) is 0 Å². The number of nitrogens with zero attached hydrogens (tertiary/aromatic N) is 1. The van der Waals surface area contributed by atoms with Crippen molar-refractivity contribution >= 4 is 23.7 Å². The normalized spacial score (nSPS) is 12.6. The molecule has 0 aromatic rings. The molecule has 0 saturated carbocycles. The average Bonchev–Trinajstić information content (AvgIpc) is 1.97. The third-order valence-electron chi connectivity index (χ3n) is 0.999. The van der Waals surface area contributed by atoms with Crippen LogP contribution in [0.4, 0.5) is 0 Å². The van der Waals surface area contributed by atoms with Gasteiger partial charge >= 0.3 is 0 Å². The van der Waals surface area contributed by atoms with Gasteiger partial charge in [0.05, 0.1) is 0 Å². The van der Waals surface area contributed by atoms with Gasteiger partial charge in [0.1, 0.15) is 0 Å². The van der Waals surface area contributed by atoms with Gasteiger partial charge in [-0.1, -0.05) is 24.4 Å². The van der Waals surface area contributed by atoms with Gasteiger partial charge in [-0.2, -0.15) is 11.8 Å². The molecule has 11 heavy (non-hydrogen) atoms. The standard InChI is InChI=1S/C8H17NS2/c1-5-10-6-8(2)7-11-9(3)4/h7H,5-6H2,1-4H3/b8-7+. The highest BCUT2D eigenvalue weighted by Crippen LogP contribution is 2.13. The third kappa shape index (κ3) is 8.30. The van der Waals surface area contributed by atoms with Gasteiger partial charge in [0, 0.05) is 5.75 Å². The highest BCUT2D eigenvalue weighted by molar-refractivity contribution is 8.00. The Balaban J connectivity index is 3.46. The van der Waals surface area contributed by atoms with Crippen LogP contribution >= 0.6 is 23.7 Å². The molecule has 3 heteroatoms. The number of thioether (sulfide) groups is 1. The van der Waals surface area contributed by atoms with E-state index in [1.54, 1.807) is 11.9 Å². The van der Waals surface area contributed by atoms with Crippen molar-refractivity contribution in [2.75, 3.05) is 25.6 Å². The molecule has 0 N–H and O–H groups in total. The van der Waals surface area contributed by atoms with Crippen LogP contribution in [-0.2, 0) is 0 Å². The average molecular weight is 191 g/mol. The zero-order valence-corrected chi connectivity index (χ0v) is 9.39. The van der Waals surface area contributed by atoms with Crippen molar-refractivity contribution in [2.45, 2.75) is 13.8 Å². The van der Waals surface area contributed by atoms with Crippen molar-refractivity contribution in [2.24, 2.45) is 0 Å². The van der Waals surface area contributed by atoms with Crippen LogP contribution in [0.2, 0.25) is 0 Å². The first kappa shape index (κ1) is 11.4. The second-order valence-electron chi connectivity index (χ2n) is 2.52. The molecule has 0 aromatic carbocycles. The molecule has 0 aromatic heterocycles. The zero-order valence-electron chi connectivity index (χ0n) is 7.76. The monoisotopic (exact) mass is 191 g/mol. The van der Waals surface area contributed by atoms with Crippen LogP contribution < -0.4 is 0 Å². The van der Waals surface area contributed by atoms with E-state index in [2.05, 4.69) is 37.7 Å². The van der Waals surface area contributed by atoms with Gasteiger partial charge in [-0.3, -0.25) is 4.31 Å². The highest BCUT2D eigenvalue weighted by Gasteiger charge is 1.90. The van der Waals surface area contributed by atoms with E-state index in [-0.39, 0.29) is 0 Å². The lowest BCUT2D eigenvalue weighted by Crippen LogP contribution is -1.96. The largest absolute Gasteiger partial charge is 0.253 e. The minimum atomic E-state index is 1.16. The minimum Gasteiger partial charge on any atom is -0.253 e. The van der Waals surface area contributed by atoms with E-state index in [4.69, 9.17) is 0 Å². The molecule has 0 amide bonds. The van der Waals surface area contributed by atoms with E-state index in [1.807, 2.05) is 11.8 Å². The van der Waals surface area contributed by atoms with Gasteiger partial charge in [0.25, 0.3) is 0 Å². The molecule has 1 nitrogen and oxygen atoms in total. The lowest BCUT2D eigenvalue weighted by atomic mass is 10.4. The van der Waals surface area contributed by atoms with Crippen molar-refractivity contribution in [1.82, 2.24) is 4.31 Å². The van der Waals surface area contributed by atoms with Crippen LogP contribution in [0.3, 0.4) is 0 Å². The van der Waals surface area contributed by atoms with Gasteiger partial charge in [0.15, 0.2) is 0 Å². The van der Waals surface area contributed by atoms with Crippen LogP contribution in [0.25, 0.3) is 0 Å². The van der Waals surface area contributed by atoms with E-state index in [0.29, 0.717) is 0 Å². The Kier molecular flexibility index (Phi) is 7.33. The maximum atomic E-state index is 2.21. The maximum Gasteiger partial charge on any atom is 0.0149 e. The van der Waals surface area contributed by atoms with E-state index in [1.165, 1.54) is 11.3 Å². The Bertz CT molecular complexity index is 121. The molecule has 66 valence electrons. The fourth-order valence-electron chi connectivity index (χ4n) is 0.492. The Hall–Kier alpha value is 0.400. The molecule has 0 bridgehead atoms. The fraction of sp³-hybridized carbons (Fsp3) is 0.750. The van der Waals surface area contributed by atoms with Gasteiger partial charge in [-0.15, -0.1) is 0 Å². The molecule has 0 saturated heterocycles. The first-order chi connectivity index (χ1) is 5.16. The first-order valence-corrected chi connectivity index (χ1v) is 5.73. The second kappa shape index (κ2) is 7.07. The summed E-state index contributed by atoms with van der Waals surface area (Å²) < 4.78 is 2.10. The van der Waals surface area contributed by atoms with Gasteiger partial charge < -0.3 is 0 Å². The summed E-state index contributed by atoms with van der Waals surface area (Å²) in [4.78, 5) is 0. The molecule has 0 spiro atoms.